The molecule has 0 spiro atoms. The molecule has 0 aliphatic heterocycles. The van der Waals surface area contributed by atoms with E-state index in [0.717, 1.165) is 22.3 Å². The van der Waals surface area contributed by atoms with Crippen LogP contribution in [-0.2, 0) is 6.61 Å². The molecule has 20 heavy (non-hydrogen) atoms. The fourth-order valence-electron chi connectivity index (χ4n) is 1.89. The molecular formula is C13H13N5OS. The highest BCUT2D eigenvalue weighted by Gasteiger charge is 2.09. The zero-order valence-electron chi connectivity index (χ0n) is 10.8. The second-order valence-corrected chi connectivity index (χ2v) is 5.02. The van der Waals surface area contributed by atoms with Crippen LogP contribution in [0.3, 0.4) is 0 Å². The number of anilines is 1. The molecule has 2 aromatic heterocycles. The van der Waals surface area contributed by atoms with Crippen molar-refractivity contribution in [3.63, 3.8) is 0 Å². The van der Waals surface area contributed by atoms with Crippen molar-refractivity contribution in [1.29, 1.82) is 0 Å². The topological polar surface area (TPSA) is 86.0 Å². The SMILES string of the molecule is Cc1ccc2cccc(OCc3nnsc3NN)c2n1. The summed E-state index contributed by atoms with van der Waals surface area (Å²) in [6.07, 6.45) is 0. The molecule has 0 aliphatic rings. The molecule has 0 unspecified atom stereocenters. The molecule has 3 N–H and O–H groups in total. The summed E-state index contributed by atoms with van der Waals surface area (Å²) in [5.41, 5.74) is 5.04. The van der Waals surface area contributed by atoms with E-state index in [0.29, 0.717) is 17.3 Å². The number of nitrogens with one attached hydrogen (secondary N) is 1. The number of nitrogens with zero attached hydrogens (tertiary/aromatic N) is 3. The molecule has 7 heteroatoms. The quantitative estimate of drug-likeness (QED) is 0.565. The van der Waals surface area contributed by atoms with E-state index >= 15 is 0 Å². The van der Waals surface area contributed by atoms with E-state index in [1.165, 1.54) is 11.5 Å². The van der Waals surface area contributed by atoms with E-state index in [-0.39, 0.29) is 0 Å². The van der Waals surface area contributed by atoms with Gasteiger partial charge in [-0.25, -0.2) is 10.8 Å². The largest absolute Gasteiger partial charge is 0.485 e. The number of hydrazine groups is 1. The number of rotatable bonds is 4. The molecule has 6 nitrogen and oxygen atoms in total. The summed E-state index contributed by atoms with van der Waals surface area (Å²) in [5.74, 6) is 6.11. The first-order valence-corrected chi connectivity index (χ1v) is 6.82. The molecule has 102 valence electrons. The van der Waals surface area contributed by atoms with Crippen molar-refractivity contribution in [2.75, 3.05) is 5.43 Å². The van der Waals surface area contributed by atoms with Crippen molar-refractivity contribution in [2.45, 2.75) is 13.5 Å². The molecule has 0 saturated carbocycles. The van der Waals surface area contributed by atoms with Gasteiger partial charge in [-0.05, 0) is 19.1 Å². The predicted octanol–water partition coefficient (Wildman–Crippen LogP) is 2.26. The normalized spacial score (nSPS) is 10.7. The lowest BCUT2D eigenvalue weighted by Gasteiger charge is -2.08. The Hall–Kier alpha value is -2.25. The molecule has 2 heterocycles. The Morgan fingerprint density at radius 1 is 1.30 bits per heavy atom. The van der Waals surface area contributed by atoms with E-state index in [1.54, 1.807) is 0 Å². The first-order chi connectivity index (χ1) is 9.78. The number of pyridine rings is 1. The summed E-state index contributed by atoms with van der Waals surface area (Å²) >= 11 is 1.20. The summed E-state index contributed by atoms with van der Waals surface area (Å²) in [5, 5.41) is 5.73. The van der Waals surface area contributed by atoms with Gasteiger partial charge in [0.1, 0.15) is 23.6 Å². The Balaban J connectivity index is 1.89. The first kappa shape index (κ1) is 12.8. The van der Waals surface area contributed by atoms with Gasteiger partial charge in [0.25, 0.3) is 0 Å². The lowest BCUT2D eigenvalue weighted by atomic mass is 10.2. The molecule has 0 fully saturated rings. The number of para-hydroxylation sites is 1. The molecule has 0 amide bonds. The third-order valence-corrected chi connectivity index (χ3v) is 3.57. The van der Waals surface area contributed by atoms with E-state index in [9.17, 15) is 0 Å². The van der Waals surface area contributed by atoms with E-state index < -0.39 is 0 Å². The summed E-state index contributed by atoms with van der Waals surface area (Å²) in [6, 6.07) is 9.85. The lowest BCUT2D eigenvalue weighted by molar-refractivity contribution is 0.305. The maximum atomic E-state index is 5.81. The van der Waals surface area contributed by atoms with Gasteiger partial charge in [0.15, 0.2) is 5.00 Å². The number of nitrogens with two attached hydrogens (primary N) is 1. The maximum absolute atomic E-state index is 5.81. The minimum absolute atomic E-state index is 0.296. The van der Waals surface area contributed by atoms with Crippen molar-refractivity contribution in [1.82, 2.24) is 14.6 Å². The fourth-order valence-corrected chi connectivity index (χ4v) is 2.37. The van der Waals surface area contributed by atoms with Crippen molar-refractivity contribution >= 4 is 27.4 Å². The third-order valence-electron chi connectivity index (χ3n) is 2.87. The number of hydrogen-bond donors (Lipinski definition) is 2. The molecule has 0 aliphatic carbocycles. The standard InChI is InChI=1S/C13H13N5OS/c1-8-5-6-9-3-2-4-11(12(9)15-8)19-7-10-13(16-14)20-18-17-10/h2-6,16H,7,14H2,1H3. The third kappa shape index (κ3) is 2.40. The molecule has 1 aromatic carbocycles. The van der Waals surface area contributed by atoms with Crippen molar-refractivity contribution in [2.24, 2.45) is 5.84 Å². The van der Waals surface area contributed by atoms with E-state index in [4.69, 9.17) is 10.6 Å². The molecule has 3 rings (SSSR count). The van der Waals surface area contributed by atoms with Crippen LogP contribution in [0.4, 0.5) is 5.00 Å². The zero-order chi connectivity index (χ0) is 13.9. The molecule has 3 aromatic rings. The van der Waals surface area contributed by atoms with Gasteiger partial charge in [0.05, 0.1) is 0 Å². The van der Waals surface area contributed by atoms with Gasteiger partial charge in [-0.15, -0.1) is 5.10 Å². The zero-order valence-corrected chi connectivity index (χ0v) is 11.6. The minimum atomic E-state index is 0.296. The Bertz CT molecular complexity index is 742. The number of aromatic nitrogens is 3. The molecule has 0 atom stereocenters. The Labute approximate surface area is 119 Å². The van der Waals surface area contributed by atoms with Gasteiger partial charge in [-0.2, -0.15) is 0 Å². The Kier molecular flexibility index (Phi) is 3.44. The van der Waals surface area contributed by atoms with E-state index in [1.807, 2.05) is 37.3 Å². The number of hydrogen-bond acceptors (Lipinski definition) is 7. The fraction of sp³-hybridized carbons (Fsp3) is 0.154. The average molecular weight is 287 g/mol. The summed E-state index contributed by atoms with van der Waals surface area (Å²) in [6.45, 7) is 2.25. The van der Waals surface area contributed by atoms with Gasteiger partial charge in [0.2, 0.25) is 0 Å². The van der Waals surface area contributed by atoms with Crippen LogP contribution in [0.5, 0.6) is 5.75 Å². The van der Waals surface area contributed by atoms with Gasteiger partial charge in [0, 0.05) is 22.6 Å². The highest BCUT2D eigenvalue weighted by Crippen LogP contribution is 2.25. The Morgan fingerprint density at radius 2 is 2.20 bits per heavy atom. The summed E-state index contributed by atoms with van der Waals surface area (Å²) in [7, 11) is 0. The van der Waals surface area contributed by atoms with E-state index in [2.05, 4.69) is 20.0 Å². The van der Waals surface area contributed by atoms with Gasteiger partial charge in [-0.3, -0.25) is 0 Å². The second kappa shape index (κ2) is 5.40. The number of benzene rings is 1. The second-order valence-electron chi connectivity index (χ2n) is 4.26. The summed E-state index contributed by atoms with van der Waals surface area (Å²) in [4.78, 5) is 4.52. The molecule has 0 radical (unpaired) electrons. The Morgan fingerprint density at radius 3 is 3.05 bits per heavy atom. The van der Waals surface area contributed by atoms with Crippen LogP contribution < -0.4 is 16.0 Å². The van der Waals surface area contributed by atoms with Gasteiger partial charge >= 0.3 is 0 Å². The van der Waals surface area contributed by atoms with Crippen LogP contribution >= 0.6 is 11.5 Å². The monoisotopic (exact) mass is 287 g/mol. The average Bonchev–Trinajstić information content (AvgIpc) is 2.92. The van der Waals surface area contributed by atoms with Crippen LogP contribution in [0.15, 0.2) is 30.3 Å². The maximum Gasteiger partial charge on any atom is 0.150 e. The van der Waals surface area contributed by atoms with Gasteiger partial charge < -0.3 is 10.2 Å². The number of nitrogen functional groups attached to an aromatic ring is 1. The van der Waals surface area contributed by atoms with Crippen LogP contribution in [0.25, 0.3) is 10.9 Å². The smallest absolute Gasteiger partial charge is 0.150 e. The lowest BCUT2D eigenvalue weighted by Crippen LogP contribution is -2.08. The number of fused-ring (bicyclic) bond motifs is 1. The minimum Gasteiger partial charge on any atom is -0.485 e. The van der Waals surface area contributed by atoms with Crippen molar-refractivity contribution in [3.8, 4) is 5.75 Å². The van der Waals surface area contributed by atoms with Crippen molar-refractivity contribution < 1.29 is 4.74 Å². The van der Waals surface area contributed by atoms with Gasteiger partial charge in [-0.1, -0.05) is 22.7 Å². The van der Waals surface area contributed by atoms with Crippen LogP contribution in [0.1, 0.15) is 11.4 Å². The predicted molar refractivity (Wildman–Crippen MR) is 78.5 cm³/mol. The highest BCUT2D eigenvalue weighted by molar-refractivity contribution is 7.10. The van der Waals surface area contributed by atoms with Crippen LogP contribution in [0, 0.1) is 6.92 Å². The van der Waals surface area contributed by atoms with Crippen LogP contribution in [0.2, 0.25) is 0 Å². The summed E-state index contributed by atoms with van der Waals surface area (Å²) < 4.78 is 9.64. The first-order valence-electron chi connectivity index (χ1n) is 6.05. The molecule has 0 bridgehead atoms. The molecule has 0 saturated heterocycles. The van der Waals surface area contributed by atoms with Crippen LogP contribution in [-0.4, -0.2) is 14.6 Å². The molecular weight excluding hydrogens is 274 g/mol. The highest BCUT2D eigenvalue weighted by atomic mass is 32.1. The number of aryl methyl sites for hydroxylation is 1. The van der Waals surface area contributed by atoms with Crippen molar-refractivity contribution in [3.05, 3.63) is 41.7 Å². The number of ether oxygens (including phenoxy) is 1.